The third-order valence-corrected chi connectivity index (χ3v) is 2.74. The Hall–Kier alpha value is -1.65. The fourth-order valence-corrected chi connectivity index (χ4v) is 2.01. The Bertz CT molecular complexity index is 342. The van der Waals surface area contributed by atoms with Crippen molar-refractivity contribution in [3.05, 3.63) is 24.0 Å². The summed E-state index contributed by atoms with van der Waals surface area (Å²) >= 11 is 0. The van der Waals surface area contributed by atoms with E-state index < -0.39 is 6.09 Å². The van der Waals surface area contributed by atoms with E-state index in [1.54, 1.807) is 12.4 Å². The lowest BCUT2D eigenvalue weighted by Crippen LogP contribution is -2.37. The summed E-state index contributed by atoms with van der Waals surface area (Å²) in [6.45, 7) is 0.613. The Kier molecular flexibility index (Phi) is 2.80. The first-order chi connectivity index (χ1) is 7.29. The van der Waals surface area contributed by atoms with Crippen LogP contribution in [-0.2, 0) is 0 Å². The summed E-state index contributed by atoms with van der Waals surface area (Å²) in [5, 5.41) is 16.5. The molecule has 0 aromatic carbocycles. The van der Waals surface area contributed by atoms with Crippen LogP contribution in [0.4, 0.5) is 4.79 Å². The average molecular weight is 207 g/mol. The molecule has 15 heavy (non-hydrogen) atoms. The highest BCUT2D eigenvalue weighted by atomic mass is 16.4. The number of nitrogens with zero attached hydrogens (tertiary/aromatic N) is 3. The second kappa shape index (κ2) is 4.25. The van der Waals surface area contributed by atoms with E-state index in [9.17, 15) is 4.79 Å². The van der Waals surface area contributed by atoms with Crippen molar-refractivity contribution in [3.8, 4) is 0 Å². The van der Waals surface area contributed by atoms with Gasteiger partial charge in [-0.3, -0.25) is 0 Å². The minimum Gasteiger partial charge on any atom is -0.465 e. The Labute approximate surface area is 87.7 Å². The Morgan fingerprint density at radius 3 is 3.00 bits per heavy atom. The molecule has 1 N–H and O–H groups in total. The van der Waals surface area contributed by atoms with E-state index in [4.69, 9.17) is 5.11 Å². The molecule has 0 saturated carbocycles. The van der Waals surface area contributed by atoms with Crippen LogP contribution in [0.25, 0.3) is 0 Å². The van der Waals surface area contributed by atoms with E-state index in [2.05, 4.69) is 10.2 Å². The van der Waals surface area contributed by atoms with E-state index in [0.717, 1.165) is 24.8 Å². The molecule has 1 saturated heterocycles. The molecule has 0 spiro atoms. The van der Waals surface area contributed by atoms with Crippen LogP contribution in [0.5, 0.6) is 0 Å². The summed E-state index contributed by atoms with van der Waals surface area (Å²) < 4.78 is 0. The van der Waals surface area contributed by atoms with E-state index in [1.165, 1.54) is 4.90 Å². The van der Waals surface area contributed by atoms with Crippen LogP contribution >= 0.6 is 0 Å². The second-order valence-electron chi connectivity index (χ2n) is 3.66. The van der Waals surface area contributed by atoms with Crippen LogP contribution < -0.4 is 0 Å². The van der Waals surface area contributed by atoms with Gasteiger partial charge in [0.25, 0.3) is 0 Å². The fraction of sp³-hybridized carbons (Fsp3) is 0.500. The van der Waals surface area contributed by atoms with Crippen molar-refractivity contribution in [2.75, 3.05) is 6.54 Å². The summed E-state index contributed by atoms with van der Waals surface area (Å²) in [7, 11) is 0. The minimum absolute atomic E-state index is 0.0493. The quantitative estimate of drug-likeness (QED) is 0.760. The van der Waals surface area contributed by atoms with Crippen LogP contribution in [0.15, 0.2) is 18.5 Å². The maximum atomic E-state index is 11.0. The number of carboxylic acid groups (broad SMARTS) is 1. The van der Waals surface area contributed by atoms with Gasteiger partial charge in [0.1, 0.15) is 0 Å². The van der Waals surface area contributed by atoms with Gasteiger partial charge in [-0.1, -0.05) is 0 Å². The summed E-state index contributed by atoms with van der Waals surface area (Å²) in [5.74, 6) is 0. The summed E-state index contributed by atoms with van der Waals surface area (Å²) in [6, 6.07) is 1.78. The number of aromatic nitrogens is 2. The first kappa shape index (κ1) is 9.89. The molecule has 5 heteroatoms. The molecular weight excluding hydrogens is 194 g/mol. The van der Waals surface area contributed by atoms with E-state index in [-0.39, 0.29) is 6.04 Å². The molecule has 2 rings (SSSR count). The molecule has 80 valence electrons. The lowest BCUT2D eigenvalue weighted by Gasteiger charge is -2.33. The van der Waals surface area contributed by atoms with Crippen molar-refractivity contribution in [2.45, 2.75) is 25.3 Å². The highest BCUT2D eigenvalue weighted by molar-refractivity contribution is 5.65. The number of hydrogen-bond donors (Lipinski definition) is 1. The molecule has 0 aliphatic carbocycles. The van der Waals surface area contributed by atoms with Gasteiger partial charge >= 0.3 is 6.09 Å². The Morgan fingerprint density at radius 2 is 2.33 bits per heavy atom. The second-order valence-corrected chi connectivity index (χ2v) is 3.66. The zero-order valence-electron chi connectivity index (χ0n) is 8.33. The largest absolute Gasteiger partial charge is 0.465 e. The van der Waals surface area contributed by atoms with Crippen molar-refractivity contribution in [2.24, 2.45) is 0 Å². The predicted molar refractivity (Wildman–Crippen MR) is 53.4 cm³/mol. The molecule has 1 aliphatic heterocycles. The maximum Gasteiger partial charge on any atom is 0.407 e. The van der Waals surface area contributed by atoms with Crippen molar-refractivity contribution < 1.29 is 9.90 Å². The van der Waals surface area contributed by atoms with Crippen LogP contribution in [0.3, 0.4) is 0 Å². The zero-order chi connectivity index (χ0) is 10.7. The normalized spacial score (nSPS) is 21.3. The molecule has 1 aromatic rings. The van der Waals surface area contributed by atoms with Crippen molar-refractivity contribution >= 4 is 6.09 Å². The highest BCUT2D eigenvalue weighted by Gasteiger charge is 2.27. The van der Waals surface area contributed by atoms with Gasteiger partial charge < -0.3 is 10.0 Å². The number of rotatable bonds is 1. The average Bonchev–Trinajstić information content (AvgIpc) is 2.30. The lowest BCUT2D eigenvalue weighted by molar-refractivity contribution is 0.106. The molecule has 1 unspecified atom stereocenters. The zero-order valence-corrected chi connectivity index (χ0v) is 8.33. The minimum atomic E-state index is -0.850. The Morgan fingerprint density at radius 1 is 1.47 bits per heavy atom. The first-order valence-corrected chi connectivity index (χ1v) is 5.05. The van der Waals surface area contributed by atoms with Gasteiger partial charge in [-0.25, -0.2) is 4.79 Å². The van der Waals surface area contributed by atoms with Crippen LogP contribution in [0.2, 0.25) is 0 Å². The van der Waals surface area contributed by atoms with Crippen LogP contribution in [-0.4, -0.2) is 32.8 Å². The molecule has 2 heterocycles. The molecule has 0 bridgehead atoms. The molecule has 0 radical (unpaired) electrons. The van der Waals surface area contributed by atoms with Gasteiger partial charge in [0.05, 0.1) is 12.2 Å². The standard InChI is InChI=1S/C10H13N3O2/c14-10(15)13-6-2-1-3-9(13)8-4-5-11-12-7-8/h4-5,7,9H,1-3,6H2,(H,14,15). The van der Waals surface area contributed by atoms with Crippen molar-refractivity contribution in [1.82, 2.24) is 15.1 Å². The highest BCUT2D eigenvalue weighted by Crippen LogP contribution is 2.29. The smallest absolute Gasteiger partial charge is 0.407 e. The third-order valence-electron chi connectivity index (χ3n) is 2.74. The number of carbonyl (C=O) groups is 1. The molecule has 5 nitrogen and oxygen atoms in total. The lowest BCUT2D eigenvalue weighted by atomic mass is 9.97. The first-order valence-electron chi connectivity index (χ1n) is 5.05. The van der Waals surface area contributed by atoms with Gasteiger partial charge in [0, 0.05) is 12.7 Å². The predicted octanol–water partition coefficient (Wildman–Crippen LogP) is 1.68. The molecule has 1 amide bonds. The summed E-state index contributed by atoms with van der Waals surface area (Å²) in [5.41, 5.74) is 0.937. The summed E-state index contributed by atoms with van der Waals surface area (Å²) in [4.78, 5) is 12.5. The number of likely N-dealkylation sites (tertiary alicyclic amines) is 1. The van der Waals surface area contributed by atoms with Gasteiger partial charge in [-0.05, 0) is 30.9 Å². The SMILES string of the molecule is O=C(O)N1CCCCC1c1ccnnc1. The van der Waals surface area contributed by atoms with Crippen LogP contribution in [0, 0.1) is 0 Å². The van der Waals surface area contributed by atoms with Gasteiger partial charge in [0.2, 0.25) is 0 Å². The topological polar surface area (TPSA) is 66.3 Å². The summed E-state index contributed by atoms with van der Waals surface area (Å²) in [6.07, 6.45) is 5.28. The van der Waals surface area contributed by atoms with Crippen LogP contribution in [0.1, 0.15) is 30.9 Å². The van der Waals surface area contributed by atoms with E-state index in [1.807, 2.05) is 6.07 Å². The fourth-order valence-electron chi connectivity index (χ4n) is 2.01. The van der Waals surface area contributed by atoms with Crippen molar-refractivity contribution in [3.63, 3.8) is 0 Å². The van der Waals surface area contributed by atoms with Gasteiger partial charge in [-0.2, -0.15) is 10.2 Å². The monoisotopic (exact) mass is 207 g/mol. The van der Waals surface area contributed by atoms with Gasteiger partial charge in [-0.15, -0.1) is 0 Å². The maximum absolute atomic E-state index is 11.0. The molecule has 1 fully saturated rings. The van der Waals surface area contributed by atoms with E-state index >= 15 is 0 Å². The number of piperidine rings is 1. The third kappa shape index (κ3) is 2.06. The molecule has 1 atom stereocenters. The molecule has 1 aromatic heterocycles. The van der Waals surface area contributed by atoms with E-state index in [0.29, 0.717) is 6.54 Å². The van der Waals surface area contributed by atoms with Crippen molar-refractivity contribution in [1.29, 1.82) is 0 Å². The Balaban J connectivity index is 2.22. The van der Waals surface area contributed by atoms with Gasteiger partial charge in [0.15, 0.2) is 0 Å². The number of hydrogen-bond acceptors (Lipinski definition) is 3. The molecular formula is C10H13N3O2. The number of amides is 1. The molecule has 1 aliphatic rings.